The number of alkyl halides is 1. The van der Waals surface area contributed by atoms with Gasteiger partial charge < -0.3 is 4.74 Å². The van der Waals surface area contributed by atoms with Crippen LogP contribution in [0.1, 0.15) is 24.0 Å². The summed E-state index contributed by atoms with van der Waals surface area (Å²) in [6, 6.07) is 7.92. The molecule has 0 aliphatic carbocycles. The Hall–Kier alpha value is -0.830. The van der Waals surface area contributed by atoms with Crippen LogP contribution in [-0.2, 0) is 14.9 Å². The molecule has 14 heavy (non-hydrogen) atoms. The maximum absolute atomic E-state index is 11.2. The number of carbonyl (C=O) groups is 1. The van der Waals surface area contributed by atoms with E-state index in [-0.39, 0.29) is 11.9 Å². The number of benzene rings is 1. The Bertz CT molecular complexity index is 306. The number of hydrogen-bond donors (Lipinski definition) is 0. The normalized spacial score (nSPS) is 12.2. The minimum Gasteiger partial charge on any atom is -0.469 e. The van der Waals surface area contributed by atoms with Crippen LogP contribution in [0.3, 0.4) is 0 Å². The number of methoxy groups -OCH3 is 1. The summed E-state index contributed by atoms with van der Waals surface area (Å²) in [5, 5.41) is 0.833. The molecular weight excluding hydrogens is 244 g/mol. The molecule has 0 fully saturated rings. The maximum atomic E-state index is 11.2. The van der Waals surface area contributed by atoms with Crippen LogP contribution in [0.15, 0.2) is 24.3 Å². The fraction of sp³-hybridized carbons (Fsp3) is 0.364. The first kappa shape index (κ1) is 11.2. The number of halogens is 1. The molecule has 76 valence electrons. The van der Waals surface area contributed by atoms with Gasteiger partial charge in [-0.15, -0.1) is 0 Å². The van der Waals surface area contributed by atoms with Crippen molar-refractivity contribution >= 4 is 21.9 Å². The third-order valence-electron chi connectivity index (χ3n) is 2.19. The molecule has 0 aromatic heterocycles. The predicted octanol–water partition coefficient (Wildman–Crippen LogP) is 2.86. The monoisotopic (exact) mass is 256 g/mol. The summed E-state index contributed by atoms with van der Waals surface area (Å²) in [6.45, 7) is 1.84. The topological polar surface area (TPSA) is 26.3 Å². The van der Waals surface area contributed by atoms with Gasteiger partial charge >= 0.3 is 5.97 Å². The van der Waals surface area contributed by atoms with Gasteiger partial charge in [0, 0.05) is 5.33 Å². The highest BCUT2D eigenvalue weighted by atomic mass is 79.9. The molecule has 1 atom stereocenters. The van der Waals surface area contributed by atoms with Crippen LogP contribution in [0.2, 0.25) is 0 Å². The first-order valence-corrected chi connectivity index (χ1v) is 5.53. The number of carbonyl (C=O) groups excluding carboxylic acids is 1. The highest BCUT2D eigenvalue weighted by molar-refractivity contribution is 9.08. The van der Waals surface area contributed by atoms with Gasteiger partial charge in [0.2, 0.25) is 0 Å². The van der Waals surface area contributed by atoms with Crippen LogP contribution in [0.5, 0.6) is 0 Å². The number of esters is 1. The van der Waals surface area contributed by atoms with Gasteiger partial charge in [-0.25, -0.2) is 0 Å². The summed E-state index contributed by atoms with van der Waals surface area (Å²) in [5.74, 6) is -0.388. The van der Waals surface area contributed by atoms with Crippen LogP contribution in [0.4, 0.5) is 0 Å². The second kappa shape index (κ2) is 5.15. The van der Waals surface area contributed by atoms with Gasteiger partial charge in [0.25, 0.3) is 0 Å². The Morgan fingerprint density at radius 3 is 2.43 bits per heavy atom. The average Bonchev–Trinajstić information content (AvgIpc) is 2.27. The minimum atomic E-state index is -0.198. The summed E-state index contributed by atoms with van der Waals surface area (Å²) >= 11 is 3.37. The fourth-order valence-corrected chi connectivity index (χ4v) is 1.58. The largest absolute Gasteiger partial charge is 0.469 e. The third-order valence-corrected chi connectivity index (χ3v) is 2.84. The molecule has 0 amide bonds. The van der Waals surface area contributed by atoms with Gasteiger partial charge in [0.1, 0.15) is 0 Å². The van der Waals surface area contributed by atoms with Crippen molar-refractivity contribution in [2.45, 2.75) is 18.2 Å². The molecular formula is C11H13BrO2. The van der Waals surface area contributed by atoms with Crippen LogP contribution in [0, 0.1) is 0 Å². The van der Waals surface area contributed by atoms with Gasteiger partial charge in [-0.3, -0.25) is 4.79 Å². The van der Waals surface area contributed by atoms with Crippen molar-refractivity contribution in [2.75, 3.05) is 7.11 Å². The molecule has 1 rings (SSSR count). The molecule has 1 aromatic rings. The molecule has 0 bridgehead atoms. The lowest BCUT2D eigenvalue weighted by molar-refractivity contribution is -0.141. The van der Waals surface area contributed by atoms with E-state index in [1.54, 1.807) is 0 Å². The zero-order chi connectivity index (χ0) is 10.6. The maximum Gasteiger partial charge on any atom is 0.312 e. The molecule has 3 heteroatoms. The van der Waals surface area contributed by atoms with Gasteiger partial charge in [0.15, 0.2) is 0 Å². The Labute approximate surface area is 92.4 Å². The van der Waals surface area contributed by atoms with Crippen molar-refractivity contribution < 1.29 is 9.53 Å². The van der Waals surface area contributed by atoms with Crippen molar-refractivity contribution in [3.8, 4) is 0 Å². The molecule has 0 saturated carbocycles. The Morgan fingerprint density at radius 1 is 1.43 bits per heavy atom. The second-order valence-corrected chi connectivity index (χ2v) is 3.68. The van der Waals surface area contributed by atoms with E-state index in [2.05, 4.69) is 20.7 Å². The van der Waals surface area contributed by atoms with E-state index in [1.165, 1.54) is 12.7 Å². The van der Waals surface area contributed by atoms with E-state index in [4.69, 9.17) is 0 Å². The number of hydrogen-bond acceptors (Lipinski definition) is 2. The van der Waals surface area contributed by atoms with Gasteiger partial charge in [-0.05, 0) is 18.1 Å². The molecule has 0 spiro atoms. The lowest BCUT2D eigenvalue weighted by Crippen LogP contribution is -2.10. The average molecular weight is 257 g/mol. The number of rotatable bonds is 3. The van der Waals surface area contributed by atoms with E-state index in [9.17, 15) is 4.79 Å². The summed E-state index contributed by atoms with van der Waals surface area (Å²) in [4.78, 5) is 11.2. The van der Waals surface area contributed by atoms with Crippen LogP contribution >= 0.6 is 15.9 Å². The molecule has 2 nitrogen and oxygen atoms in total. The first-order valence-electron chi connectivity index (χ1n) is 4.41. The van der Waals surface area contributed by atoms with Crippen molar-refractivity contribution in [1.82, 2.24) is 0 Å². The second-order valence-electron chi connectivity index (χ2n) is 3.12. The van der Waals surface area contributed by atoms with E-state index < -0.39 is 0 Å². The highest BCUT2D eigenvalue weighted by Gasteiger charge is 2.14. The summed E-state index contributed by atoms with van der Waals surface area (Å²) in [5.41, 5.74) is 2.19. The van der Waals surface area contributed by atoms with E-state index in [1.807, 2.05) is 31.2 Å². The first-order chi connectivity index (χ1) is 6.69. The van der Waals surface area contributed by atoms with Crippen LogP contribution in [0.25, 0.3) is 0 Å². The van der Waals surface area contributed by atoms with E-state index >= 15 is 0 Å². The molecule has 0 aliphatic rings. The van der Waals surface area contributed by atoms with Crippen molar-refractivity contribution in [1.29, 1.82) is 0 Å². The van der Waals surface area contributed by atoms with E-state index in [0.29, 0.717) is 0 Å². The van der Waals surface area contributed by atoms with Crippen molar-refractivity contribution in [3.05, 3.63) is 35.4 Å². The smallest absolute Gasteiger partial charge is 0.312 e. The van der Waals surface area contributed by atoms with Crippen molar-refractivity contribution in [3.63, 3.8) is 0 Å². The molecule has 0 heterocycles. The molecule has 0 N–H and O–H groups in total. The molecule has 1 aromatic carbocycles. The molecule has 0 aliphatic heterocycles. The fourth-order valence-electron chi connectivity index (χ4n) is 1.21. The van der Waals surface area contributed by atoms with Gasteiger partial charge in [-0.1, -0.05) is 40.2 Å². The summed E-state index contributed by atoms with van der Waals surface area (Å²) < 4.78 is 4.67. The Kier molecular flexibility index (Phi) is 4.14. The SMILES string of the molecule is COC(=O)C(C)c1ccc(CBr)cc1. The Balaban J connectivity index is 2.81. The molecule has 0 saturated heterocycles. The lowest BCUT2D eigenvalue weighted by Gasteiger charge is -2.09. The highest BCUT2D eigenvalue weighted by Crippen LogP contribution is 2.17. The van der Waals surface area contributed by atoms with Crippen LogP contribution in [-0.4, -0.2) is 13.1 Å². The standard InChI is InChI=1S/C11H13BrO2/c1-8(11(13)14-2)10-5-3-9(7-12)4-6-10/h3-6,8H,7H2,1-2H3. The zero-order valence-electron chi connectivity index (χ0n) is 8.29. The minimum absolute atomic E-state index is 0.190. The summed E-state index contributed by atoms with van der Waals surface area (Å²) in [6.07, 6.45) is 0. The predicted molar refractivity (Wildman–Crippen MR) is 59.5 cm³/mol. The van der Waals surface area contributed by atoms with Gasteiger partial charge in [0.05, 0.1) is 13.0 Å². The number of ether oxygens (including phenoxy) is 1. The Morgan fingerprint density at radius 2 is 2.00 bits per heavy atom. The zero-order valence-corrected chi connectivity index (χ0v) is 9.87. The van der Waals surface area contributed by atoms with E-state index in [0.717, 1.165) is 10.9 Å². The lowest BCUT2D eigenvalue weighted by atomic mass is 10.0. The van der Waals surface area contributed by atoms with Crippen molar-refractivity contribution in [2.24, 2.45) is 0 Å². The van der Waals surface area contributed by atoms with Gasteiger partial charge in [-0.2, -0.15) is 0 Å². The molecule has 1 unspecified atom stereocenters. The quantitative estimate of drug-likeness (QED) is 0.614. The molecule has 0 radical (unpaired) electrons. The van der Waals surface area contributed by atoms with Crippen LogP contribution < -0.4 is 0 Å². The summed E-state index contributed by atoms with van der Waals surface area (Å²) in [7, 11) is 1.41. The third kappa shape index (κ3) is 2.58.